The largest absolute Gasteiger partial charge is 0.489 e. The predicted octanol–water partition coefficient (Wildman–Crippen LogP) is 3.77. The van der Waals surface area contributed by atoms with Crippen LogP contribution in [0.4, 0.5) is 8.78 Å². The molecule has 0 aliphatic heterocycles. The van der Waals surface area contributed by atoms with Crippen molar-refractivity contribution in [2.75, 3.05) is 0 Å². The minimum Gasteiger partial charge on any atom is -0.489 e. The summed E-state index contributed by atoms with van der Waals surface area (Å²) in [5.41, 5.74) is 6.87. The lowest BCUT2D eigenvalue weighted by molar-refractivity contribution is 0.301. The van der Waals surface area contributed by atoms with Crippen LogP contribution in [0.25, 0.3) is 0 Å². The van der Waals surface area contributed by atoms with Gasteiger partial charge in [0, 0.05) is 22.6 Å². The fraction of sp³-hybridized carbons (Fsp3) is 0.143. The highest BCUT2D eigenvalue weighted by Gasteiger charge is 2.05. The van der Waals surface area contributed by atoms with Crippen LogP contribution in [-0.2, 0) is 13.2 Å². The maximum absolute atomic E-state index is 13.0. The van der Waals surface area contributed by atoms with Crippen molar-refractivity contribution in [3.05, 3.63) is 63.6 Å². The zero-order valence-corrected chi connectivity index (χ0v) is 11.6. The molecule has 19 heavy (non-hydrogen) atoms. The van der Waals surface area contributed by atoms with Crippen molar-refractivity contribution in [1.82, 2.24) is 0 Å². The van der Waals surface area contributed by atoms with Gasteiger partial charge in [-0.15, -0.1) is 0 Å². The fourth-order valence-corrected chi connectivity index (χ4v) is 2.11. The van der Waals surface area contributed by atoms with E-state index in [9.17, 15) is 8.78 Å². The maximum atomic E-state index is 13.0. The highest BCUT2D eigenvalue weighted by atomic mass is 79.9. The smallest absolute Gasteiger partial charge is 0.126 e. The molecule has 5 heteroatoms. The molecule has 2 rings (SSSR count). The Hall–Kier alpha value is -1.46. The molecule has 0 aromatic heterocycles. The number of ether oxygens (including phenoxy) is 1. The second-order valence-electron chi connectivity index (χ2n) is 4.02. The molecule has 2 N–H and O–H groups in total. The van der Waals surface area contributed by atoms with Gasteiger partial charge >= 0.3 is 0 Å². The molecular weight excluding hydrogens is 316 g/mol. The third kappa shape index (κ3) is 3.75. The summed E-state index contributed by atoms with van der Waals surface area (Å²) in [6.07, 6.45) is 0. The molecule has 100 valence electrons. The van der Waals surface area contributed by atoms with Gasteiger partial charge in [0.1, 0.15) is 24.0 Å². The molecule has 0 aliphatic rings. The van der Waals surface area contributed by atoms with Crippen molar-refractivity contribution in [3.8, 4) is 5.75 Å². The molecule has 0 bridgehead atoms. The van der Waals surface area contributed by atoms with Gasteiger partial charge in [-0.3, -0.25) is 0 Å². The molecule has 0 radical (unpaired) electrons. The number of rotatable bonds is 4. The Morgan fingerprint density at radius 2 is 1.74 bits per heavy atom. The van der Waals surface area contributed by atoms with Crippen molar-refractivity contribution < 1.29 is 13.5 Å². The van der Waals surface area contributed by atoms with Crippen LogP contribution in [0.3, 0.4) is 0 Å². The van der Waals surface area contributed by atoms with Gasteiger partial charge < -0.3 is 10.5 Å². The molecule has 2 aromatic carbocycles. The Balaban J connectivity index is 2.14. The van der Waals surface area contributed by atoms with Crippen molar-refractivity contribution in [2.24, 2.45) is 5.73 Å². The van der Waals surface area contributed by atoms with Gasteiger partial charge in [0.2, 0.25) is 0 Å². The van der Waals surface area contributed by atoms with E-state index in [1.165, 1.54) is 12.1 Å². The second kappa shape index (κ2) is 6.12. The highest BCUT2D eigenvalue weighted by Crippen LogP contribution is 2.24. The number of benzene rings is 2. The summed E-state index contributed by atoms with van der Waals surface area (Å²) in [6, 6.07) is 8.74. The fourth-order valence-electron chi connectivity index (χ4n) is 1.70. The van der Waals surface area contributed by atoms with Crippen LogP contribution in [0, 0.1) is 11.6 Å². The van der Waals surface area contributed by atoms with E-state index in [-0.39, 0.29) is 6.61 Å². The highest BCUT2D eigenvalue weighted by molar-refractivity contribution is 9.10. The molecule has 0 saturated heterocycles. The van der Waals surface area contributed by atoms with Gasteiger partial charge in [0.05, 0.1) is 0 Å². The van der Waals surface area contributed by atoms with Crippen LogP contribution in [0.1, 0.15) is 11.1 Å². The molecule has 2 nitrogen and oxygen atoms in total. The Morgan fingerprint density at radius 1 is 1.05 bits per heavy atom. The number of nitrogens with two attached hydrogens (primary N) is 1. The third-order valence-corrected chi connectivity index (χ3v) is 3.05. The van der Waals surface area contributed by atoms with Crippen molar-refractivity contribution in [1.29, 1.82) is 0 Å². The SMILES string of the molecule is NCc1cc(Br)ccc1OCc1cc(F)cc(F)c1. The van der Waals surface area contributed by atoms with E-state index >= 15 is 0 Å². The van der Waals surface area contributed by atoms with Crippen LogP contribution in [0.5, 0.6) is 5.75 Å². The zero-order valence-electron chi connectivity index (χ0n) is 10.00. The molecule has 0 atom stereocenters. The van der Waals surface area contributed by atoms with Crippen LogP contribution in [-0.4, -0.2) is 0 Å². The Labute approximate surface area is 118 Å². The first-order valence-corrected chi connectivity index (χ1v) is 6.44. The lowest BCUT2D eigenvalue weighted by Gasteiger charge is -2.11. The number of hydrogen-bond donors (Lipinski definition) is 1. The van der Waals surface area contributed by atoms with E-state index < -0.39 is 11.6 Å². The van der Waals surface area contributed by atoms with Crippen molar-refractivity contribution in [3.63, 3.8) is 0 Å². The minimum atomic E-state index is -0.617. The lowest BCUT2D eigenvalue weighted by atomic mass is 10.2. The van der Waals surface area contributed by atoms with Crippen molar-refractivity contribution in [2.45, 2.75) is 13.2 Å². The maximum Gasteiger partial charge on any atom is 0.126 e. The molecular formula is C14H12BrF2NO. The molecule has 2 aromatic rings. The van der Waals surface area contributed by atoms with Gasteiger partial charge in [-0.05, 0) is 35.9 Å². The summed E-state index contributed by atoms with van der Waals surface area (Å²) in [4.78, 5) is 0. The van der Waals surface area contributed by atoms with E-state index in [4.69, 9.17) is 10.5 Å². The minimum absolute atomic E-state index is 0.0866. The van der Waals surface area contributed by atoms with E-state index in [1.807, 2.05) is 12.1 Å². The van der Waals surface area contributed by atoms with E-state index in [0.29, 0.717) is 17.9 Å². The Bertz CT molecular complexity index is 569. The third-order valence-electron chi connectivity index (χ3n) is 2.56. The number of hydrogen-bond acceptors (Lipinski definition) is 2. The van der Waals surface area contributed by atoms with Gasteiger partial charge in [0.25, 0.3) is 0 Å². The average Bonchev–Trinajstić information content (AvgIpc) is 2.36. The first-order chi connectivity index (χ1) is 9.08. The summed E-state index contributed by atoms with van der Waals surface area (Å²) in [5, 5.41) is 0. The molecule has 0 saturated carbocycles. The van der Waals surface area contributed by atoms with Gasteiger partial charge in [-0.2, -0.15) is 0 Å². The van der Waals surface area contributed by atoms with Crippen LogP contribution in [0.15, 0.2) is 40.9 Å². The van der Waals surface area contributed by atoms with Gasteiger partial charge in [-0.1, -0.05) is 15.9 Å². The Kier molecular flexibility index (Phi) is 4.50. The first-order valence-electron chi connectivity index (χ1n) is 5.65. The molecule has 0 unspecified atom stereocenters. The van der Waals surface area contributed by atoms with E-state index in [1.54, 1.807) is 6.07 Å². The second-order valence-corrected chi connectivity index (χ2v) is 4.94. The summed E-state index contributed by atoms with van der Waals surface area (Å²) < 4.78 is 32.5. The first kappa shape index (κ1) is 14.0. The van der Waals surface area contributed by atoms with Crippen LogP contribution >= 0.6 is 15.9 Å². The van der Waals surface area contributed by atoms with Crippen LogP contribution < -0.4 is 10.5 Å². The normalized spacial score (nSPS) is 10.5. The topological polar surface area (TPSA) is 35.2 Å². The molecule has 0 aliphatic carbocycles. The summed E-state index contributed by atoms with van der Waals surface area (Å²) >= 11 is 3.34. The standard InChI is InChI=1S/C14H12BrF2NO/c15-11-1-2-14(10(5-11)7-18)19-8-9-3-12(16)6-13(17)4-9/h1-6H,7-8,18H2. The summed E-state index contributed by atoms with van der Waals surface area (Å²) in [5.74, 6) is -0.628. The molecule has 0 fully saturated rings. The van der Waals surface area contributed by atoms with Crippen LogP contribution in [0.2, 0.25) is 0 Å². The number of halogens is 3. The molecule has 0 amide bonds. The van der Waals surface area contributed by atoms with Crippen molar-refractivity contribution >= 4 is 15.9 Å². The summed E-state index contributed by atoms with van der Waals surface area (Å²) in [6.45, 7) is 0.412. The van der Waals surface area contributed by atoms with Gasteiger partial charge in [-0.25, -0.2) is 8.78 Å². The zero-order chi connectivity index (χ0) is 13.8. The monoisotopic (exact) mass is 327 g/mol. The quantitative estimate of drug-likeness (QED) is 0.927. The van der Waals surface area contributed by atoms with E-state index in [2.05, 4.69) is 15.9 Å². The average molecular weight is 328 g/mol. The molecule has 0 spiro atoms. The van der Waals surface area contributed by atoms with E-state index in [0.717, 1.165) is 16.1 Å². The predicted molar refractivity (Wildman–Crippen MR) is 72.7 cm³/mol. The summed E-state index contributed by atoms with van der Waals surface area (Å²) in [7, 11) is 0. The Morgan fingerprint density at radius 3 is 2.37 bits per heavy atom. The molecule has 0 heterocycles. The lowest BCUT2D eigenvalue weighted by Crippen LogP contribution is -2.03. The van der Waals surface area contributed by atoms with Gasteiger partial charge in [0.15, 0.2) is 0 Å².